The van der Waals surface area contributed by atoms with Gasteiger partial charge in [-0.15, -0.1) is 0 Å². The summed E-state index contributed by atoms with van der Waals surface area (Å²) in [6, 6.07) is 0.852. The lowest BCUT2D eigenvalue weighted by atomic mass is 9.94. The van der Waals surface area contributed by atoms with Gasteiger partial charge >= 0.3 is 0 Å². The predicted octanol–water partition coefficient (Wildman–Crippen LogP) is 3.84. The zero-order chi connectivity index (χ0) is 18.8. The summed E-state index contributed by atoms with van der Waals surface area (Å²) in [5.41, 5.74) is 10.9. The summed E-state index contributed by atoms with van der Waals surface area (Å²) in [5, 5.41) is 0. The summed E-state index contributed by atoms with van der Waals surface area (Å²) in [7, 11) is 2.24. The van der Waals surface area contributed by atoms with Gasteiger partial charge in [0.05, 0.1) is 0 Å². The van der Waals surface area contributed by atoms with Crippen molar-refractivity contribution in [1.29, 1.82) is 0 Å². The first-order chi connectivity index (χ1) is 12.3. The highest BCUT2D eigenvalue weighted by molar-refractivity contribution is 4.73. The molecule has 4 heteroatoms. The molecule has 2 fully saturated rings. The molecule has 1 saturated carbocycles. The highest BCUT2D eigenvalue weighted by Gasteiger charge is 2.16. The van der Waals surface area contributed by atoms with E-state index in [0.717, 1.165) is 25.6 Å². The number of hydrogen-bond donors (Lipinski definition) is 2. The Morgan fingerprint density at radius 3 is 1.84 bits per heavy atom. The molecule has 0 aromatic heterocycles. The average Bonchev–Trinajstić information content (AvgIpc) is 2.96. The lowest BCUT2D eigenvalue weighted by Crippen LogP contribution is -2.34. The molecule has 0 aromatic rings. The summed E-state index contributed by atoms with van der Waals surface area (Å²) in [6.07, 6.45) is 15.1. The third kappa shape index (κ3) is 13.7. The van der Waals surface area contributed by atoms with Crippen molar-refractivity contribution in [3.05, 3.63) is 0 Å². The summed E-state index contributed by atoms with van der Waals surface area (Å²) < 4.78 is 0. The van der Waals surface area contributed by atoms with E-state index >= 15 is 0 Å². The van der Waals surface area contributed by atoms with Crippen molar-refractivity contribution in [2.75, 3.05) is 46.3 Å². The quantitative estimate of drug-likeness (QED) is 0.728. The van der Waals surface area contributed by atoms with Gasteiger partial charge in [-0.3, -0.25) is 0 Å². The first-order valence-electron chi connectivity index (χ1n) is 11.1. The molecule has 0 aromatic carbocycles. The van der Waals surface area contributed by atoms with E-state index in [4.69, 9.17) is 11.5 Å². The van der Waals surface area contributed by atoms with Crippen molar-refractivity contribution in [2.24, 2.45) is 11.5 Å². The number of rotatable bonds is 7. The van der Waals surface area contributed by atoms with Crippen molar-refractivity contribution in [3.8, 4) is 0 Å². The molecule has 0 bridgehead atoms. The maximum Gasteiger partial charge on any atom is 0.00922 e. The average molecular weight is 357 g/mol. The number of nitrogens with zero attached hydrogens (tertiary/aromatic N) is 2. The van der Waals surface area contributed by atoms with Crippen LogP contribution >= 0.6 is 0 Å². The summed E-state index contributed by atoms with van der Waals surface area (Å²) in [4.78, 5) is 5.05. The van der Waals surface area contributed by atoms with Gasteiger partial charge in [-0.2, -0.15) is 0 Å². The van der Waals surface area contributed by atoms with E-state index in [1.165, 1.54) is 90.4 Å². The summed E-state index contributed by atoms with van der Waals surface area (Å²) >= 11 is 0. The second-order valence-electron chi connectivity index (χ2n) is 7.31. The Labute approximate surface area is 158 Å². The molecule has 0 spiro atoms. The SMILES string of the molecule is CC.CN(CCCN)C1CCCCC1.NCCCN1CCCCCC1. The van der Waals surface area contributed by atoms with Gasteiger partial charge in [0.15, 0.2) is 0 Å². The first-order valence-corrected chi connectivity index (χ1v) is 11.1. The maximum atomic E-state index is 5.48. The molecule has 0 amide bonds. The minimum absolute atomic E-state index is 0.830. The highest BCUT2D eigenvalue weighted by Crippen LogP contribution is 2.21. The van der Waals surface area contributed by atoms with Crippen LogP contribution in [-0.4, -0.2) is 62.2 Å². The molecule has 1 aliphatic heterocycles. The fourth-order valence-corrected chi connectivity index (χ4v) is 3.72. The Morgan fingerprint density at radius 2 is 1.32 bits per heavy atom. The summed E-state index contributed by atoms with van der Waals surface area (Å²) in [5.74, 6) is 0. The van der Waals surface area contributed by atoms with Crippen molar-refractivity contribution in [3.63, 3.8) is 0 Å². The fourth-order valence-electron chi connectivity index (χ4n) is 3.72. The maximum absolute atomic E-state index is 5.48. The Hall–Kier alpha value is -0.160. The molecule has 1 saturated heterocycles. The second kappa shape index (κ2) is 18.6. The van der Waals surface area contributed by atoms with E-state index in [-0.39, 0.29) is 0 Å². The van der Waals surface area contributed by atoms with Gasteiger partial charge in [-0.25, -0.2) is 0 Å². The minimum Gasteiger partial charge on any atom is -0.330 e. The van der Waals surface area contributed by atoms with E-state index in [2.05, 4.69) is 16.8 Å². The molecule has 2 aliphatic rings. The van der Waals surface area contributed by atoms with Gasteiger partial charge in [0.25, 0.3) is 0 Å². The van der Waals surface area contributed by atoms with Gasteiger partial charge in [-0.1, -0.05) is 46.0 Å². The number of hydrogen-bond acceptors (Lipinski definition) is 4. The zero-order valence-corrected chi connectivity index (χ0v) is 17.6. The van der Waals surface area contributed by atoms with Crippen molar-refractivity contribution in [2.45, 2.75) is 90.5 Å². The zero-order valence-electron chi connectivity index (χ0n) is 17.6. The van der Waals surface area contributed by atoms with Crippen LogP contribution in [0.4, 0.5) is 0 Å². The molecule has 1 aliphatic carbocycles. The molecule has 25 heavy (non-hydrogen) atoms. The fraction of sp³-hybridized carbons (Fsp3) is 1.00. The Balaban J connectivity index is 0.000000421. The molecular weight excluding hydrogens is 308 g/mol. The standard InChI is InChI=1S/C10H22N2.C9H20N2.C2H6/c1-12(9-5-8-11)10-6-3-2-4-7-10;10-6-5-9-11-7-3-1-2-4-8-11;1-2/h10H,2-9,11H2,1H3;1-10H2;1-2H3. The molecule has 0 atom stereocenters. The Morgan fingerprint density at radius 1 is 0.800 bits per heavy atom. The van der Waals surface area contributed by atoms with E-state index in [1.807, 2.05) is 13.8 Å². The molecular formula is C21H48N4. The van der Waals surface area contributed by atoms with Crippen LogP contribution in [0.5, 0.6) is 0 Å². The van der Waals surface area contributed by atoms with E-state index in [9.17, 15) is 0 Å². The third-order valence-electron chi connectivity index (χ3n) is 5.29. The van der Waals surface area contributed by atoms with E-state index in [1.54, 1.807) is 0 Å². The lowest BCUT2D eigenvalue weighted by molar-refractivity contribution is 0.191. The van der Waals surface area contributed by atoms with Crippen LogP contribution in [0.2, 0.25) is 0 Å². The van der Waals surface area contributed by atoms with Crippen LogP contribution in [0, 0.1) is 0 Å². The lowest BCUT2D eigenvalue weighted by Gasteiger charge is -2.30. The van der Waals surface area contributed by atoms with Crippen molar-refractivity contribution < 1.29 is 0 Å². The van der Waals surface area contributed by atoms with Crippen LogP contribution in [0.3, 0.4) is 0 Å². The largest absolute Gasteiger partial charge is 0.330 e. The van der Waals surface area contributed by atoms with Gasteiger partial charge in [0.2, 0.25) is 0 Å². The van der Waals surface area contributed by atoms with Crippen LogP contribution in [0.15, 0.2) is 0 Å². The van der Waals surface area contributed by atoms with Gasteiger partial charge in [0.1, 0.15) is 0 Å². The molecule has 0 unspecified atom stereocenters. The normalized spacial score (nSPS) is 19.4. The van der Waals surface area contributed by atoms with E-state index in [0.29, 0.717) is 0 Å². The first kappa shape index (κ1) is 24.8. The van der Waals surface area contributed by atoms with Crippen molar-refractivity contribution in [1.82, 2.24) is 9.80 Å². The van der Waals surface area contributed by atoms with Crippen LogP contribution in [-0.2, 0) is 0 Å². The van der Waals surface area contributed by atoms with Gasteiger partial charge < -0.3 is 21.3 Å². The Bertz CT molecular complexity index is 246. The van der Waals surface area contributed by atoms with Crippen LogP contribution in [0.25, 0.3) is 0 Å². The Kier molecular flexibility index (Phi) is 18.5. The second-order valence-corrected chi connectivity index (χ2v) is 7.31. The van der Waals surface area contributed by atoms with Crippen LogP contribution in [0.1, 0.15) is 84.5 Å². The van der Waals surface area contributed by atoms with Crippen molar-refractivity contribution >= 4 is 0 Å². The molecule has 152 valence electrons. The topological polar surface area (TPSA) is 58.5 Å². The van der Waals surface area contributed by atoms with Gasteiger partial charge in [-0.05, 0) is 84.8 Å². The minimum atomic E-state index is 0.830. The third-order valence-corrected chi connectivity index (χ3v) is 5.29. The number of nitrogens with two attached hydrogens (primary N) is 2. The molecule has 4 N–H and O–H groups in total. The predicted molar refractivity (Wildman–Crippen MR) is 113 cm³/mol. The molecule has 2 rings (SSSR count). The monoisotopic (exact) mass is 356 g/mol. The van der Waals surface area contributed by atoms with E-state index < -0.39 is 0 Å². The summed E-state index contributed by atoms with van der Waals surface area (Å²) in [6.45, 7) is 10.7. The number of likely N-dealkylation sites (tertiary alicyclic amines) is 1. The highest BCUT2D eigenvalue weighted by atomic mass is 15.1. The molecule has 1 heterocycles. The molecule has 0 radical (unpaired) electrons. The van der Waals surface area contributed by atoms with Gasteiger partial charge in [0, 0.05) is 6.04 Å². The smallest absolute Gasteiger partial charge is 0.00922 e. The van der Waals surface area contributed by atoms with Crippen LogP contribution < -0.4 is 11.5 Å². The molecule has 4 nitrogen and oxygen atoms in total.